The van der Waals surface area contributed by atoms with Crippen LogP contribution in [0.3, 0.4) is 0 Å². The van der Waals surface area contributed by atoms with Crippen molar-refractivity contribution in [2.45, 2.75) is 33.7 Å². The van der Waals surface area contributed by atoms with Crippen molar-refractivity contribution in [1.82, 2.24) is 5.32 Å². The molecule has 21 heavy (non-hydrogen) atoms. The lowest BCUT2D eigenvalue weighted by Gasteiger charge is -2.19. The second kappa shape index (κ2) is 6.77. The Balaban J connectivity index is 2.12. The molecule has 2 rings (SSSR count). The van der Waals surface area contributed by atoms with Crippen LogP contribution in [-0.2, 0) is 0 Å². The summed E-state index contributed by atoms with van der Waals surface area (Å²) in [6, 6.07) is 13.0. The van der Waals surface area contributed by atoms with Crippen LogP contribution in [0.25, 0.3) is 0 Å². The lowest BCUT2D eigenvalue weighted by Crippen LogP contribution is -2.23. The van der Waals surface area contributed by atoms with Gasteiger partial charge >= 0.3 is 0 Å². The van der Waals surface area contributed by atoms with Crippen molar-refractivity contribution >= 4 is 0 Å². The van der Waals surface area contributed by atoms with Crippen molar-refractivity contribution in [1.29, 1.82) is 0 Å². The number of hydrogen-bond acceptors (Lipinski definition) is 2. The molecule has 0 aliphatic heterocycles. The molecular weight excluding hydrogens is 258 g/mol. The Morgan fingerprint density at radius 1 is 0.952 bits per heavy atom. The third kappa shape index (κ3) is 3.64. The van der Waals surface area contributed by atoms with Crippen LogP contribution in [0.4, 0.5) is 0 Å². The monoisotopic (exact) mass is 283 g/mol. The molecule has 0 radical (unpaired) electrons. The summed E-state index contributed by atoms with van der Waals surface area (Å²) in [5.41, 5.74) is 6.39. The number of aryl methyl sites for hydroxylation is 3. The fourth-order valence-electron chi connectivity index (χ4n) is 2.38. The zero-order valence-electron chi connectivity index (χ0n) is 13.7. The van der Waals surface area contributed by atoms with E-state index in [1.165, 1.54) is 27.8 Å². The van der Waals surface area contributed by atoms with Gasteiger partial charge in [0, 0.05) is 0 Å². The van der Waals surface area contributed by atoms with Crippen molar-refractivity contribution in [3.63, 3.8) is 0 Å². The van der Waals surface area contributed by atoms with Gasteiger partial charge in [0.05, 0.1) is 6.04 Å². The second-order valence-electron chi connectivity index (χ2n) is 5.69. The quantitative estimate of drug-likeness (QED) is 0.885. The Kier molecular flexibility index (Phi) is 5.03. The summed E-state index contributed by atoms with van der Waals surface area (Å²) in [6.45, 7) is 9.14. The number of rotatable bonds is 5. The van der Waals surface area contributed by atoms with E-state index in [9.17, 15) is 0 Å². The van der Waals surface area contributed by atoms with Crippen LogP contribution in [0.15, 0.2) is 36.4 Å². The van der Waals surface area contributed by atoms with Gasteiger partial charge in [0.2, 0.25) is 0 Å². The molecule has 0 bridgehead atoms. The molecule has 0 heterocycles. The minimum absolute atomic E-state index is 0.198. The summed E-state index contributed by atoms with van der Waals surface area (Å²) in [7, 11) is 1.98. The summed E-state index contributed by atoms with van der Waals surface area (Å²) < 4.78 is 6.03. The molecular formula is C19H25NO. The number of ether oxygens (including phenoxy) is 1. The molecule has 112 valence electrons. The SMILES string of the molecule is CNC(COc1cccc(C)c1C)c1ccc(C)c(C)c1. The van der Waals surface area contributed by atoms with Crippen molar-refractivity contribution in [2.24, 2.45) is 0 Å². The molecule has 0 amide bonds. The lowest BCUT2D eigenvalue weighted by molar-refractivity contribution is 0.271. The summed E-state index contributed by atoms with van der Waals surface area (Å²) in [4.78, 5) is 0. The van der Waals surface area contributed by atoms with Crippen molar-refractivity contribution in [2.75, 3.05) is 13.7 Å². The second-order valence-corrected chi connectivity index (χ2v) is 5.69. The van der Waals surface area contributed by atoms with Crippen molar-refractivity contribution in [3.05, 3.63) is 64.2 Å². The number of likely N-dealkylation sites (N-methyl/N-ethyl adjacent to an activating group) is 1. The van der Waals surface area contributed by atoms with Gasteiger partial charge in [-0.15, -0.1) is 0 Å². The summed E-state index contributed by atoms with van der Waals surface area (Å²) >= 11 is 0. The van der Waals surface area contributed by atoms with E-state index in [0.717, 1.165) is 5.75 Å². The fraction of sp³-hybridized carbons (Fsp3) is 0.368. The van der Waals surface area contributed by atoms with Gasteiger partial charge < -0.3 is 10.1 Å². The molecule has 0 saturated heterocycles. The molecule has 2 nitrogen and oxygen atoms in total. The summed E-state index contributed by atoms with van der Waals surface area (Å²) in [5, 5.41) is 3.34. The summed E-state index contributed by atoms with van der Waals surface area (Å²) in [6.07, 6.45) is 0. The van der Waals surface area contributed by atoms with E-state index in [-0.39, 0.29) is 6.04 Å². The molecule has 2 aromatic rings. The van der Waals surface area contributed by atoms with E-state index in [4.69, 9.17) is 4.74 Å². The molecule has 1 atom stereocenters. The maximum Gasteiger partial charge on any atom is 0.122 e. The average molecular weight is 283 g/mol. The number of hydrogen-bond donors (Lipinski definition) is 1. The van der Waals surface area contributed by atoms with E-state index in [1.807, 2.05) is 19.2 Å². The van der Waals surface area contributed by atoms with Gasteiger partial charge in [-0.2, -0.15) is 0 Å². The van der Waals surface area contributed by atoms with Gasteiger partial charge in [0.15, 0.2) is 0 Å². The van der Waals surface area contributed by atoms with Crippen LogP contribution in [0.5, 0.6) is 5.75 Å². The summed E-state index contributed by atoms with van der Waals surface area (Å²) in [5.74, 6) is 0.971. The zero-order chi connectivity index (χ0) is 15.4. The standard InChI is InChI=1S/C19H25NO/c1-13-9-10-17(11-15(13)3)18(20-5)12-21-19-8-6-7-14(2)16(19)4/h6-11,18,20H,12H2,1-5H3. The molecule has 0 spiro atoms. The first-order valence-electron chi connectivity index (χ1n) is 7.46. The average Bonchev–Trinajstić information content (AvgIpc) is 2.47. The van der Waals surface area contributed by atoms with Crippen LogP contribution in [0, 0.1) is 27.7 Å². The predicted molar refractivity (Wildman–Crippen MR) is 89.1 cm³/mol. The van der Waals surface area contributed by atoms with Gasteiger partial charge in [-0.25, -0.2) is 0 Å². The van der Waals surface area contributed by atoms with E-state index < -0.39 is 0 Å². The first-order valence-corrected chi connectivity index (χ1v) is 7.46. The zero-order valence-corrected chi connectivity index (χ0v) is 13.7. The third-order valence-corrected chi connectivity index (χ3v) is 4.24. The Hall–Kier alpha value is -1.80. The molecule has 2 aromatic carbocycles. The number of benzene rings is 2. The Labute approximate surface area is 128 Å². The van der Waals surface area contributed by atoms with Gasteiger partial charge in [0.25, 0.3) is 0 Å². The predicted octanol–water partition coefficient (Wildman–Crippen LogP) is 4.26. The molecule has 0 fully saturated rings. The molecule has 0 saturated carbocycles. The van der Waals surface area contributed by atoms with Crippen LogP contribution in [-0.4, -0.2) is 13.7 Å². The number of nitrogens with one attached hydrogen (secondary N) is 1. The third-order valence-electron chi connectivity index (χ3n) is 4.24. The van der Waals surface area contributed by atoms with Gasteiger partial charge in [-0.05, 0) is 68.6 Å². The normalized spacial score (nSPS) is 12.2. The highest BCUT2D eigenvalue weighted by Gasteiger charge is 2.12. The van der Waals surface area contributed by atoms with E-state index in [1.54, 1.807) is 0 Å². The first-order chi connectivity index (χ1) is 10.0. The first kappa shape index (κ1) is 15.6. The van der Waals surface area contributed by atoms with Crippen LogP contribution in [0.1, 0.15) is 33.9 Å². The maximum atomic E-state index is 6.03. The maximum absolute atomic E-state index is 6.03. The minimum Gasteiger partial charge on any atom is -0.491 e. The minimum atomic E-state index is 0.198. The Morgan fingerprint density at radius 3 is 2.38 bits per heavy atom. The van der Waals surface area contributed by atoms with Crippen molar-refractivity contribution in [3.8, 4) is 5.75 Å². The van der Waals surface area contributed by atoms with Crippen LogP contribution < -0.4 is 10.1 Å². The van der Waals surface area contributed by atoms with E-state index >= 15 is 0 Å². The topological polar surface area (TPSA) is 21.3 Å². The smallest absolute Gasteiger partial charge is 0.122 e. The fourth-order valence-corrected chi connectivity index (χ4v) is 2.38. The van der Waals surface area contributed by atoms with Crippen LogP contribution >= 0.6 is 0 Å². The van der Waals surface area contributed by atoms with Crippen molar-refractivity contribution < 1.29 is 4.74 Å². The Bertz CT molecular complexity index is 619. The molecule has 1 unspecified atom stereocenters. The molecule has 1 N–H and O–H groups in total. The highest BCUT2D eigenvalue weighted by atomic mass is 16.5. The Morgan fingerprint density at radius 2 is 1.71 bits per heavy atom. The van der Waals surface area contributed by atoms with E-state index in [0.29, 0.717) is 6.61 Å². The molecule has 2 heteroatoms. The van der Waals surface area contributed by atoms with Gasteiger partial charge in [-0.1, -0.05) is 30.3 Å². The molecule has 0 aliphatic carbocycles. The molecule has 0 aromatic heterocycles. The lowest BCUT2D eigenvalue weighted by atomic mass is 10.0. The molecule has 0 aliphatic rings. The van der Waals surface area contributed by atoms with Crippen LogP contribution in [0.2, 0.25) is 0 Å². The highest BCUT2D eigenvalue weighted by Crippen LogP contribution is 2.23. The van der Waals surface area contributed by atoms with Gasteiger partial charge in [-0.3, -0.25) is 0 Å². The highest BCUT2D eigenvalue weighted by molar-refractivity contribution is 5.38. The van der Waals surface area contributed by atoms with Gasteiger partial charge in [0.1, 0.15) is 12.4 Å². The van der Waals surface area contributed by atoms with E-state index in [2.05, 4.69) is 57.3 Å². The largest absolute Gasteiger partial charge is 0.491 e.